The summed E-state index contributed by atoms with van der Waals surface area (Å²) in [7, 11) is 0. The molecule has 2 heterocycles. The Morgan fingerprint density at radius 3 is 2.32 bits per heavy atom. The van der Waals surface area contributed by atoms with Crippen molar-refractivity contribution in [2.24, 2.45) is 0 Å². The first-order valence-electron chi connectivity index (χ1n) is 8.81. The molecule has 0 saturated heterocycles. The second-order valence-corrected chi connectivity index (χ2v) is 6.52. The highest BCUT2D eigenvalue weighted by Gasteiger charge is 2.14. The van der Waals surface area contributed by atoms with Gasteiger partial charge < -0.3 is 4.52 Å². The normalized spacial score (nSPS) is 10.9. The second kappa shape index (κ2) is 7.11. The van der Waals surface area contributed by atoms with Crippen LogP contribution >= 0.6 is 0 Å². The van der Waals surface area contributed by atoms with Crippen LogP contribution in [0.4, 0.5) is 0 Å². The van der Waals surface area contributed by atoms with E-state index in [1.54, 1.807) is 12.4 Å². The molecule has 0 atom stereocenters. The minimum absolute atomic E-state index is 0.0293. The Labute approximate surface area is 160 Å². The van der Waals surface area contributed by atoms with Crippen molar-refractivity contribution in [3.8, 4) is 17.1 Å². The molecule has 0 aliphatic heterocycles. The predicted octanol–water partition coefficient (Wildman–Crippen LogP) is 2.71. The zero-order chi connectivity index (χ0) is 19.7. The number of aryl methyl sites for hydroxylation is 2. The number of para-hydroxylation sites is 1. The van der Waals surface area contributed by atoms with Crippen molar-refractivity contribution in [3.63, 3.8) is 0 Å². The zero-order valence-electron chi connectivity index (χ0n) is 15.5. The molecule has 0 fully saturated rings. The van der Waals surface area contributed by atoms with E-state index in [4.69, 9.17) is 4.52 Å². The predicted molar refractivity (Wildman–Crippen MR) is 105 cm³/mol. The molecule has 0 saturated carbocycles. The van der Waals surface area contributed by atoms with Gasteiger partial charge >= 0.3 is 11.1 Å². The maximum absolute atomic E-state index is 12.7. The SMILES string of the molecule is Cc1cccc(C)c1-n1ccn(Cc2nc(-c3ccccc3)no2)c(=O)c1=O. The lowest BCUT2D eigenvalue weighted by atomic mass is 10.1. The summed E-state index contributed by atoms with van der Waals surface area (Å²) in [4.78, 5) is 29.6. The van der Waals surface area contributed by atoms with E-state index in [2.05, 4.69) is 10.1 Å². The Kier molecular flexibility index (Phi) is 4.49. The summed E-state index contributed by atoms with van der Waals surface area (Å²) < 4.78 is 7.90. The standard InChI is InChI=1S/C21H18N4O3/c1-14-7-6-8-15(2)18(14)25-12-11-24(20(26)21(25)27)13-17-22-19(23-28-17)16-9-4-3-5-10-16/h3-12H,13H2,1-2H3. The van der Waals surface area contributed by atoms with Gasteiger partial charge in [0.05, 0.1) is 5.69 Å². The third kappa shape index (κ3) is 3.18. The van der Waals surface area contributed by atoms with Crippen molar-refractivity contribution in [3.05, 3.63) is 98.6 Å². The van der Waals surface area contributed by atoms with E-state index in [0.717, 1.165) is 22.4 Å². The Bertz CT molecular complexity index is 1230. The summed E-state index contributed by atoms with van der Waals surface area (Å²) in [6.45, 7) is 3.84. The zero-order valence-corrected chi connectivity index (χ0v) is 15.5. The summed E-state index contributed by atoms with van der Waals surface area (Å²) in [5.74, 6) is 0.692. The third-order valence-corrected chi connectivity index (χ3v) is 4.54. The minimum Gasteiger partial charge on any atom is -0.337 e. The molecule has 0 aliphatic carbocycles. The first kappa shape index (κ1) is 17.7. The number of nitrogens with zero attached hydrogens (tertiary/aromatic N) is 4. The topological polar surface area (TPSA) is 82.9 Å². The number of benzene rings is 2. The van der Waals surface area contributed by atoms with Gasteiger partial charge in [-0.3, -0.25) is 18.7 Å². The van der Waals surface area contributed by atoms with E-state index in [9.17, 15) is 9.59 Å². The van der Waals surface area contributed by atoms with Crippen LogP contribution in [0.2, 0.25) is 0 Å². The Morgan fingerprint density at radius 2 is 1.61 bits per heavy atom. The molecule has 0 unspecified atom stereocenters. The molecular formula is C21H18N4O3. The Morgan fingerprint density at radius 1 is 0.893 bits per heavy atom. The molecule has 4 rings (SSSR count). The number of rotatable bonds is 4. The van der Waals surface area contributed by atoms with E-state index >= 15 is 0 Å². The van der Waals surface area contributed by atoms with Crippen LogP contribution in [-0.2, 0) is 6.54 Å². The highest BCUT2D eigenvalue weighted by atomic mass is 16.5. The Hall–Kier alpha value is -3.74. The fraction of sp³-hybridized carbons (Fsp3) is 0.143. The highest BCUT2D eigenvalue weighted by molar-refractivity contribution is 5.53. The van der Waals surface area contributed by atoms with Gasteiger partial charge in [-0.2, -0.15) is 4.98 Å². The van der Waals surface area contributed by atoms with Gasteiger partial charge in [-0.05, 0) is 25.0 Å². The number of hydrogen-bond acceptors (Lipinski definition) is 5. The maximum atomic E-state index is 12.7. The minimum atomic E-state index is -0.649. The lowest BCUT2D eigenvalue weighted by Gasteiger charge is -2.12. The molecule has 0 amide bonds. The van der Waals surface area contributed by atoms with Gasteiger partial charge in [0.1, 0.15) is 6.54 Å². The van der Waals surface area contributed by atoms with Gasteiger partial charge in [0, 0.05) is 18.0 Å². The van der Waals surface area contributed by atoms with Crippen LogP contribution in [0.1, 0.15) is 17.0 Å². The van der Waals surface area contributed by atoms with Crippen LogP contribution in [0.3, 0.4) is 0 Å². The molecule has 2 aromatic heterocycles. The van der Waals surface area contributed by atoms with Crippen LogP contribution in [0.5, 0.6) is 0 Å². The van der Waals surface area contributed by atoms with Crippen LogP contribution < -0.4 is 11.1 Å². The average molecular weight is 374 g/mol. The molecule has 0 aliphatic rings. The van der Waals surface area contributed by atoms with E-state index in [-0.39, 0.29) is 12.4 Å². The molecule has 4 aromatic rings. The number of hydrogen-bond donors (Lipinski definition) is 0. The lowest BCUT2D eigenvalue weighted by molar-refractivity contribution is 0.369. The maximum Gasteiger partial charge on any atom is 0.321 e. The fourth-order valence-electron chi connectivity index (χ4n) is 3.16. The van der Waals surface area contributed by atoms with Crippen molar-refractivity contribution in [1.29, 1.82) is 0 Å². The summed E-state index contributed by atoms with van der Waals surface area (Å²) in [5.41, 5.74) is 2.11. The van der Waals surface area contributed by atoms with Gasteiger partial charge in [-0.15, -0.1) is 0 Å². The van der Waals surface area contributed by atoms with Gasteiger partial charge in [-0.1, -0.05) is 53.7 Å². The molecule has 0 N–H and O–H groups in total. The Balaban J connectivity index is 1.68. The molecule has 28 heavy (non-hydrogen) atoms. The van der Waals surface area contributed by atoms with Gasteiger partial charge in [0.25, 0.3) is 0 Å². The molecule has 0 bridgehead atoms. The summed E-state index contributed by atoms with van der Waals surface area (Å²) >= 11 is 0. The summed E-state index contributed by atoms with van der Waals surface area (Å²) in [6.07, 6.45) is 3.15. The number of aromatic nitrogens is 4. The van der Waals surface area contributed by atoms with Crippen LogP contribution in [0.25, 0.3) is 17.1 Å². The lowest BCUT2D eigenvalue weighted by Crippen LogP contribution is -2.40. The molecule has 0 radical (unpaired) electrons. The van der Waals surface area contributed by atoms with Crippen LogP contribution in [-0.4, -0.2) is 19.3 Å². The van der Waals surface area contributed by atoms with E-state index < -0.39 is 11.1 Å². The average Bonchev–Trinajstić information content (AvgIpc) is 3.16. The smallest absolute Gasteiger partial charge is 0.321 e. The van der Waals surface area contributed by atoms with Crippen molar-refractivity contribution < 1.29 is 4.52 Å². The molecule has 0 spiro atoms. The first-order chi connectivity index (χ1) is 13.5. The quantitative estimate of drug-likeness (QED) is 0.513. The fourth-order valence-corrected chi connectivity index (χ4v) is 3.16. The molecular weight excluding hydrogens is 356 g/mol. The van der Waals surface area contributed by atoms with Gasteiger partial charge in [0.15, 0.2) is 0 Å². The highest BCUT2D eigenvalue weighted by Crippen LogP contribution is 2.17. The van der Waals surface area contributed by atoms with E-state index in [1.807, 2.05) is 62.4 Å². The molecule has 140 valence electrons. The van der Waals surface area contributed by atoms with E-state index in [1.165, 1.54) is 9.13 Å². The van der Waals surface area contributed by atoms with Gasteiger partial charge in [0.2, 0.25) is 11.7 Å². The van der Waals surface area contributed by atoms with Crippen LogP contribution in [0, 0.1) is 13.8 Å². The van der Waals surface area contributed by atoms with Crippen molar-refractivity contribution >= 4 is 0 Å². The molecule has 7 nitrogen and oxygen atoms in total. The first-order valence-corrected chi connectivity index (χ1v) is 8.81. The summed E-state index contributed by atoms with van der Waals surface area (Å²) in [5, 5.41) is 3.94. The molecule has 7 heteroatoms. The largest absolute Gasteiger partial charge is 0.337 e. The van der Waals surface area contributed by atoms with Crippen molar-refractivity contribution in [1.82, 2.24) is 19.3 Å². The van der Waals surface area contributed by atoms with Crippen molar-refractivity contribution in [2.75, 3.05) is 0 Å². The van der Waals surface area contributed by atoms with Gasteiger partial charge in [-0.25, -0.2) is 0 Å². The second-order valence-electron chi connectivity index (χ2n) is 6.52. The monoisotopic (exact) mass is 374 g/mol. The molecule has 2 aromatic carbocycles. The van der Waals surface area contributed by atoms with Crippen LogP contribution in [0.15, 0.2) is 75.0 Å². The third-order valence-electron chi connectivity index (χ3n) is 4.54. The van der Waals surface area contributed by atoms with Crippen molar-refractivity contribution in [2.45, 2.75) is 20.4 Å². The summed E-state index contributed by atoms with van der Waals surface area (Å²) in [6, 6.07) is 15.1. The van der Waals surface area contributed by atoms with E-state index in [0.29, 0.717) is 5.82 Å².